The van der Waals surface area contributed by atoms with Crippen LogP contribution in [0, 0.1) is 6.92 Å². The molecule has 1 rings (SSSR count). The molecule has 66 valence electrons. The third-order valence-corrected chi connectivity index (χ3v) is 1.89. The second-order valence-electron chi connectivity index (χ2n) is 2.85. The first-order valence-corrected chi connectivity index (χ1v) is 3.93. The Balaban J connectivity index is 3.05. The minimum absolute atomic E-state index is 0.664. The van der Waals surface area contributed by atoms with Crippen LogP contribution >= 0.6 is 0 Å². The van der Waals surface area contributed by atoms with Gasteiger partial charge in [-0.3, -0.25) is 0 Å². The lowest BCUT2D eigenvalue weighted by Gasteiger charge is -2.07. The van der Waals surface area contributed by atoms with E-state index in [1.165, 1.54) is 6.92 Å². The van der Waals surface area contributed by atoms with Gasteiger partial charge in [-0.05, 0) is 31.0 Å². The Kier molecular flexibility index (Phi) is 2.69. The number of halogens is 1. The Hall–Kier alpha value is -1.05. The molecule has 0 aromatic heterocycles. The molecule has 2 heteroatoms. The zero-order valence-corrected chi connectivity index (χ0v) is 7.60. The molecule has 0 saturated heterocycles. The van der Waals surface area contributed by atoms with Gasteiger partial charge in [-0.25, -0.2) is 4.39 Å². The maximum Gasteiger partial charge on any atom is 0.122 e. The molecule has 0 heterocycles. The largest absolute Gasteiger partial charge is 0.496 e. The van der Waals surface area contributed by atoms with Crippen LogP contribution < -0.4 is 4.74 Å². The molecule has 0 aliphatic carbocycles. The maximum absolute atomic E-state index is 12.8. The third-order valence-electron chi connectivity index (χ3n) is 1.89. The highest BCUT2D eigenvalue weighted by atomic mass is 19.1. The van der Waals surface area contributed by atoms with Crippen LogP contribution in [0.4, 0.5) is 4.39 Å². The number of aryl methyl sites for hydroxylation is 1. The van der Waals surface area contributed by atoms with Crippen LogP contribution in [0.5, 0.6) is 5.75 Å². The molecule has 1 nitrogen and oxygen atoms in total. The molecule has 0 unspecified atom stereocenters. The Morgan fingerprint density at radius 1 is 1.42 bits per heavy atom. The minimum atomic E-state index is -0.931. The third kappa shape index (κ3) is 1.76. The topological polar surface area (TPSA) is 9.23 Å². The summed E-state index contributed by atoms with van der Waals surface area (Å²) >= 11 is 0. The summed E-state index contributed by atoms with van der Waals surface area (Å²) in [6, 6.07) is 5.38. The van der Waals surface area contributed by atoms with E-state index < -0.39 is 6.17 Å². The first-order valence-electron chi connectivity index (χ1n) is 3.93. The number of hydrogen-bond donors (Lipinski definition) is 0. The van der Waals surface area contributed by atoms with Crippen LogP contribution in [0.1, 0.15) is 24.2 Å². The summed E-state index contributed by atoms with van der Waals surface area (Å²) in [4.78, 5) is 0. The zero-order chi connectivity index (χ0) is 9.14. The van der Waals surface area contributed by atoms with Gasteiger partial charge in [0.15, 0.2) is 0 Å². The fourth-order valence-electron chi connectivity index (χ4n) is 1.08. The van der Waals surface area contributed by atoms with Crippen LogP contribution in [0.15, 0.2) is 18.2 Å². The second-order valence-corrected chi connectivity index (χ2v) is 2.85. The van der Waals surface area contributed by atoms with Crippen molar-refractivity contribution in [1.82, 2.24) is 0 Å². The van der Waals surface area contributed by atoms with Gasteiger partial charge in [0.25, 0.3) is 0 Å². The van der Waals surface area contributed by atoms with Crippen LogP contribution in [0.3, 0.4) is 0 Å². The summed E-state index contributed by atoms with van der Waals surface area (Å²) in [5, 5.41) is 0. The fourth-order valence-corrected chi connectivity index (χ4v) is 1.08. The molecule has 0 bridgehead atoms. The Morgan fingerprint density at radius 3 is 2.58 bits per heavy atom. The van der Waals surface area contributed by atoms with Crippen molar-refractivity contribution in [2.24, 2.45) is 0 Å². The Labute approximate surface area is 72.2 Å². The Morgan fingerprint density at radius 2 is 2.08 bits per heavy atom. The van der Waals surface area contributed by atoms with Crippen LogP contribution in [0.25, 0.3) is 0 Å². The van der Waals surface area contributed by atoms with Gasteiger partial charge < -0.3 is 4.74 Å². The van der Waals surface area contributed by atoms with E-state index in [1.807, 2.05) is 13.0 Å². The summed E-state index contributed by atoms with van der Waals surface area (Å²) in [6.07, 6.45) is -0.931. The van der Waals surface area contributed by atoms with Crippen molar-refractivity contribution < 1.29 is 9.13 Å². The van der Waals surface area contributed by atoms with E-state index in [4.69, 9.17) is 4.74 Å². The first-order chi connectivity index (χ1) is 5.65. The standard InChI is InChI=1S/C10H13FO/c1-7-4-5-9(8(2)11)6-10(7)12-3/h4-6,8H,1-3H3/t8-/m0/s1. The lowest BCUT2D eigenvalue weighted by Crippen LogP contribution is -1.91. The SMILES string of the molecule is COc1cc([C@H](C)F)ccc1C. The highest BCUT2D eigenvalue weighted by Crippen LogP contribution is 2.24. The smallest absolute Gasteiger partial charge is 0.122 e. The molecule has 0 N–H and O–H groups in total. The van der Waals surface area contributed by atoms with Gasteiger partial charge in [0, 0.05) is 0 Å². The zero-order valence-electron chi connectivity index (χ0n) is 7.60. The number of methoxy groups -OCH3 is 1. The molecule has 1 aromatic rings. The van der Waals surface area contributed by atoms with Gasteiger partial charge in [-0.1, -0.05) is 12.1 Å². The summed E-state index contributed by atoms with van der Waals surface area (Å²) in [7, 11) is 1.59. The molecule has 0 saturated carbocycles. The predicted octanol–water partition coefficient (Wildman–Crippen LogP) is 3.03. The van der Waals surface area contributed by atoms with E-state index in [-0.39, 0.29) is 0 Å². The van der Waals surface area contributed by atoms with E-state index in [2.05, 4.69) is 0 Å². The van der Waals surface area contributed by atoms with Crippen LogP contribution in [-0.2, 0) is 0 Å². The van der Waals surface area contributed by atoms with Crippen molar-refractivity contribution in [2.45, 2.75) is 20.0 Å². The predicted molar refractivity (Wildman–Crippen MR) is 47.3 cm³/mol. The number of ether oxygens (including phenoxy) is 1. The normalized spacial score (nSPS) is 12.7. The highest BCUT2D eigenvalue weighted by Gasteiger charge is 2.05. The highest BCUT2D eigenvalue weighted by molar-refractivity contribution is 5.37. The van der Waals surface area contributed by atoms with Gasteiger partial charge in [0.05, 0.1) is 7.11 Å². The van der Waals surface area contributed by atoms with Gasteiger partial charge in [-0.2, -0.15) is 0 Å². The average molecular weight is 168 g/mol. The quantitative estimate of drug-likeness (QED) is 0.659. The molecule has 1 aromatic carbocycles. The molecular formula is C10H13FO. The second kappa shape index (κ2) is 3.57. The van der Waals surface area contributed by atoms with Gasteiger partial charge >= 0.3 is 0 Å². The lowest BCUT2D eigenvalue weighted by molar-refractivity contribution is 0.369. The van der Waals surface area contributed by atoms with Crippen molar-refractivity contribution in [1.29, 1.82) is 0 Å². The fraction of sp³-hybridized carbons (Fsp3) is 0.400. The number of hydrogen-bond acceptors (Lipinski definition) is 1. The molecule has 1 atom stereocenters. The molecular weight excluding hydrogens is 155 g/mol. The van der Waals surface area contributed by atoms with Crippen LogP contribution in [0.2, 0.25) is 0 Å². The number of rotatable bonds is 2. The minimum Gasteiger partial charge on any atom is -0.496 e. The molecule has 0 spiro atoms. The van der Waals surface area contributed by atoms with Gasteiger partial charge in [-0.15, -0.1) is 0 Å². The van der Waals surface area contributed by atoms with Crippen LogP contribution in [-0.4, -0.2) is 7.11 Å². The van der Waals surface area contributed by atoms with Crippen molar-refractivity contribution >= 4 is 0 Å². The van der Waals surface area contributed by atoms with Crippen molar-refractivity contribution in [3.63, 3.8) is 0 Å². The number of benzene rings is 1. The summed E-state index contributed by atoms with van der Waals surface area (Å²) in [5.41, 5.74) is 1.69. The molecule has 0 radical (unpaired) electrons. The summed E-state index contributed by atoms with van der Waals surface area (Å²) in [5.74, 6) is 0.747. The Bertz CT molecular complexity index is 269. The molecule has 0 aliphatic heterocycles. The lowest BCUT2D eigenvalue weighted by atomic mass is 10.1. The van der Waals surface area contributed by atoms with E-state index >= 15 is 0 Å². The van der Waals surface area contributed by atoms with E-state index in [1.54, 1.807) is 19.2 Å². The van der Waals surface area contributed by atoms with Crippen molar-refractivity contribution in [3.05, 3.63) is 29.3 Å². The summed E-state index contributed by atoms with van der Waals surface area (Å²) in [6.45, 7) is 3.45. The molecule has 0 fully saturated rings. The van der Waals surface area contributed by atoms with E-state index in [0.717, 1.165) is 11.3 Å². The number of alkyl halides is 1. The van der Waals surface area contributed by atoms with Gasteiger partial charge in [0.1, 0.15) is 11.9 Å². The van der Waals surface area contributed by atoms with Crippen molar-refractivity contribution in [3.8, 4) is 5.75 Å². The van der Waals surface area contributed by atoms with Gasteiger partial charge in [0.2, 0.25) is 0 Å². The monoisotopic (exact) mass is 168 g/mol. The summed E-state index contributed by atoms with van der Waals surface area (Å²) < 4.78 is 17.9. The first kappa shape index (κ1) is 9.04. The van der Waals surface area contributed by atoms with E-state index in [0.29, 0.717) is 5.56 Å². The maximum atomic E-state index is 12.8. The van der Waals surface area contributed by atoms with Crippen molar-refractivity contribution in [2.75, 3.05) is 7.11 Å². The molecule has 0 aliphatic rings. The molecule has 12 heavy (non-hydrogen) atoms. The average Bonchev–Trinajstić information content (AvgIpc) is 2.05. The van der Waals surface area contributed by atoms with E-state index in [9.17, 15) is 4.39 Å². The molecule has 0 amide bonds.